The minimum Gasteiger partial charge on any atom is -0.493 e. The average molecular weight is 601 g/mol. The Morgan fingerprint density at radius 1 is 1.20 bits per heavy atom. The summed E-state index contributed by atoms with van der Waals surface area (Å²) >= 11 is 0. The zero-order chi connectivity index (χ0) is 31.6. The molecule has 1 aliphatic heterocycles. The Morgan fingerprint density at radius 2 is 1.95 bits per heavy atom. The van der Waals surface area contributed by atoms with Gasteiger partial charge in [0.25, 0.3) is 0 Å². The first kappa shape index (κ1) is 30.6. The summed E-state index contributed by atoms with van der Waals surface area (Å²) in [6.45, 7) is 7.71. The highest BCUT2D eigenvalue weighted by Crippen LogP contribution is 2.44. The number of aliphatic carboxylic acids is 1. The van der Waals surface area contributed by atoms with Crippen LogP contribution in [0.15, 0.2) is 86.5 Å². The summed E-state index contributed by atoms with van der Waals surface area (Å²) in [7, 11) is 1.50. The van der Waals surface area contributed by atoms with Crippen molar-refractivity contribution in [1.82, 2.24) is 0 Å². The van der Waals surface area contributed by atoms with Crippen LogP contribution in [-0.4, -0.2) is 30.4 Å². The van der Waals surface area contributed by atoms with E-state index in [1.807, 2.05) is 33.8 Å². The molecule has 3 aromatic rings. The number of carboxylic acids is 1. The molecule has 0 fully saturated rings. The van der Waals surface area contributed by atoms with Crippen molar-refractivity contribution in [3.63, 3.8) is 0 Å². The quantitative estimate of drug-likeness (QED) is 0.151. The molecule has 0 spiro atoms. The maximum absolute atomic E-state index is 14.5. The van der Waals surface area contributed by atoms with Gasteiger partial charge in [-0.05, 0) is 51.8 Å². The van der Waals surface area contributed by atoms with Gasteiger partial charge in [-0.2, -0.15) is 0 Å². The van der Waals surface area contributed by atoms with Crippen LogP contribution in [0.3, 0.4) is 0 Å². The zero-order valence-electron chi connectivity index (χ0n) is 25.2. The van der Waals surface area contributed by atoms with Crippen LogP contribution in [-0.2, 0) is 27.3 Å². The molecule has 0 amide bonds. The number of rotatable bonds is 10. The van der Waals surface area contributed by atoms with Crippen LogP contribution in [0.4, 0.5) is 4.39 Å². The molecule has 1 aromatic heterocycles. The minimum absolute atomic E-state index is 0.0835. The van der Waals surface area contributed by atoms with Crippen LogP contribution in [0.25, 0.3) is 17.0 Å². The van der Waals surface area contributed by atoms with Crippen LogP contribution < -0.4 is 14.9 Å². The molecule has 1 unspecified atom stereocenters. The number of carboxylic acid groups (broad SMARTS) is 1. The normalized spacial score (nSPS) is 16.5. The van der Waals surface area contributed by atoms with Gasteiger partial charge >= 0.3 is 5.97 Å². The lowest BCUT2D eigenvalue weighted by Gasteiger charge is -2.33. The fourth-order valence-corrected chi connectivity index (χ4v) is 5.08. The summed E-state index contributed by atoms with van der Waals surface area (Å²) in [5.41, 5.74) is 5.61. The molecule has 0 saturated heterocycles. The van der Waals surface area contributed by atoms with Crippen molar-refractivity contribution in [2.75, 3.05) is 13.7 Å². The average Bonchev–Trinajstić information content (AvgIpc) is 2.96. The lowest BCUT2D eigenvalue weighted by atomic mass is 9.89. The Hall–Kier alpha value is -4.85. The first-order valence-electron chi connectivity index (χ1n) is 14.1. The van der Waals surface area contributed by atoms with E-state index in [9.17, 15) is 14.0 Å². The second-order valence-electron chi connectivity index (χ2n) is 11.2. The fraction of sp³-hybridized carbons (Fsp3) is 0.286. The van der Waals surface area contributed by atoms with Gasteiger partial charge in [0.1, 0.15) is 41.2 Å². The number of fused-ring (bicyclic) bond motifs is 3. The minimum atomic E-state index is -1.11. The first-order chi connectivity index (χ1) is 21.0. The molecule has 2 aliphatic rings. The number of methoxy groups -OCH3 is 1. The molecule has 228 valence electrons. The topological polar surface area (TPSA) is 104 Å². The summed E-state index contributed by atoms with van der Waals surface area (Å²) in [4.78, 5) is 25.5. The van der Waals surface area contributed by atoms with Crippen molar-refractivity contribution in [3.05, 3.63) is 116 Å². The van der Waals surface area contributed by atoms with Gasteiger partial charge in [-0.1, -0.05) is 29.9 Å². The monoisotopic (exact) mass is 600 g/mol. The van der Waals surface area contributed by atoms with Gasteiger partial charge in [-0.15, -0.1) is 5.73 Å². The summed E-state index contributed by atoms with van der Waals surface area (Å²) < 4.78 is 44.1. The summed E-state index contributed by atoms with van der Waals surface area (Å²) in [6.07, 6.45) is 7.13. The lowest BCUT2D eigenvalue weighted by molar-refractivity contribution is -0.131. The molecular weight excluding hydrogens is 567 g/mol. The molecule has 0 bridgehead atoms. The molecule has 0 saturated carbocycles. The Labute approximate surface area is 254 Å². The van der Waals surface area contributed by atoms with Gasteiger partial charge in [0.15, 0.2) is 16.9 Å². The van der Waals surface area contributed by atoms with Crippen molar-refractivity contribution in [1.29, 1.82) is 0 Å². The van der Waals surface area contributed by atoms with Crippen molar-refractivity contribution >= 4 is 23.0 Å². The fourth-order valence-electron chi connectivity index (χ4n) is 5.08. The zero-order valence-corrected chi connectivity index (χ0v) is 25.2. The summed E-state index contributed by atoms with van der Waals surface area (Å²) in [6, 6.07) is 7.60. The third-order valence-electron chi connectivity index (χ3n) is 7.11. The second kappa shape index (κ2) is 12.4. The standard InChI is InChI=1S/C35H33FO8/c1-20(2)8-13-24-30-26(18-28(33(24)40-5)42-19-21-9-11-22(36)12-10-21)43-27-17-25-23(14-15-35(3,4)44-25)34(31(27)32(30)39)41-16-6-7-29(37)38/h6-12,15,17-18,34H,13,16,19H2,1-5H3,(H,37,38). The van der Waals surface area contributed by atoms with E-state index in [4.69, 9.17) is 28.5 Å². The van der Waals surface area contributed by atoms with Crippen molar-refractivity contribution in [2.24, 2.45) is 0 Å². The van der Waals surface area contributed by atoms with E-state index in [-0.39, 0.29) is 41.4 Å². The largest absolute Gasteiger partial charge is 0.493 e. The Kier molecular flexibility index (Phi) is 8.63. The molecule has 0 radical (unpaired) electrons. The van der Waals surface area contributed by atoms with Gasteiger partial charge in [0, 0.05) is 29.9 Å². The van der Waals surface area contributed by atoms with Gasteiger partial charge in [-0.25, -0.2) is 9.18 Å². The number of halogens is 1. The van der Waals surface area contributed by atoms with Gasteiger partial charge < -0.3 is 28.5 Å². The van der Waals surface area contributed by atoms with Crippen LogP contribution in [0.1, 0.15) is 56.2 Å². The van der Waals surface area contributed by atoms with Gasteiger partial charge in [-0.3, -0.25) is 4.79 Å². The Morgan fingerprint density at radius 3 is 2.64 bits per heavy atom. The molecule has 1 aliphatic carbocycles. The molecule has 8 nitrogen and oxygen atoms in total. The van der Waals surface area contributed by atoms with Gasteiger partial charge in [0.2, 0.25) is 0 Å². The number of carbonyl (C=O) groups is 1. The maximum atomic E-state index is 14.5. The molecule has 9 heteroatoms. The number of benzene rings is 2. The number of hydrogen-bond donors (Lipinski definition) is 1. The SMILES string of the molecule is COc1c(OCc2ccc(F)cc2)cc2oc3c(c(=O)c2c1CC=C(C)C)C(OCC=CC(=O)O)C1=C=CC(C)(C)OC1=C3. The number of hydrogen-bond acceptors (Lipinski definition) is 7. The summed E-state index contributed by atoms with van der Waals surface area (Å²) in [5.74, 6) is -0.0420. The molecule has 1 atom stereocenters. The highest BCUT2D eigenvalue weighted by molar-refractivity contribution is 5.88. The van der Waals surface area contributed by atoms with E-state index in [2.05, 4.69) is 5.73 Å². The van der Waals surface area contributed by atoms with E-state index in [0.717, 1.165) is 17.2 Å². The molecular formula is C35H33FO8. The molecule has 44 heavy (non-hydrogen) atoms. The van der Waals surface area contributed by atoms with Crippen molar-refractivity contribution in [3.8, 4) is 11.5 Å². The molecule has 2 aromatic carbocycles. The number of allylic oxidation sites excluding steroid dienone is 2. The van der Waals surface area contributed by atoms with Crippen LogP contribution >= 0.6 is 0 Å². The van der Waals surface area contributed by atoms with Crippen LogP contribution in [0.2, 0.25) is 0 Å². The molecule has 5 rings (SSSR count). The summed E-state index contributed by atoms with van der Waals surface area (Å²) in [5, 5.41) is 9.33. The lowest BCUT2D eigenvalue weighted by Crippen LogP contribution is -2.30. The third kappa shape index (κ3) is 6.39. The third-order valence-corrected chi connectivity index (χ3v) is 7.11. The van der Waals surface area contributed by atoms with Crippen molar-refractivity contribution in [2.45, 2.75) is 52.4 Å². The van der Waals surface area contributed by atoms with E-state index >= 15 is 0 Å². The predicted molar refractivity (Wildman–Crippen MR) is 163 cm³/mol. The smallest absolute Gasteiger partial charge is 0.328 e. The van der Waals surface area contributed by atoms with Gasteiger partial charge in [0.05, 0.1) is 30.2 Å². The van der Waals surface area contributed by atoms with Crippen LogP contribution in [0.5, 0.6) is 11.5 Å². The van der Waals surface area contributed by atoms with E-state index in [1.165, 1.54) is 25.3 Å². The van der Waals surface area contributed by atoms with Crippen molar-refractivity contribution < 1.29 is 37.7 Å². The first-order valence-corrected chi connectivity index (χ1v) is 14.1. The second-order valence-corrected chi connectivity index (χ2v) is 11.2. The molecule has 2 heterocycles. The Bertz CT molecular complexity index is 1830. The van der Waals surface area contributed by atoms with Crippen LogP contribution in [0, 0.1) is 5.82 Å². The van der Waals surface area contributed by atoms with E-state index < -0.39 is 17.7 Å². The maximum Gasteiger partial charge on any atom is 0.328 e. The number of ether oxygens (including phenoxy) is 4. The van der Waals surface area contributed by atoms with E-state index in [1.54, 1.807) is 30.4 Å². The Balaban J connectivity index is 1.71. The molecule has 1 N–H and O–H groups in total. The predicted octanol–water partition coefficient (Wildman–Crippen LogP) is 6.97. The highest BCUT2D eigenvalue weighted by atomic mass is 19.1. The van der Waals surface area contributed by atoms with E-state index in [0.29, 0.717) is 40.2 Å². The highest BCUT2D eigenvalue weighted by Gasteiger charge is 2.37.